The molecule has 0 aliphatic heterocycles. The highest BCUT2D eigenvalue weighted by molar-refractivity contribution is 6.30. The standard InChI is InChI=1S/C12H16ClNO2/c1-12(4-2-3-5-12)8-14-7-9(13)6-10(14)11(15)16/h6-7H,2-5,8H2,1H3,(H,15,16). The van der Waals surface area contributed by atoms with Gasteiger partial charge in [0.2, 0.25) is 0 Å². The van der Waals surface area contributed by atoms with E-state index in [1.54, 1.807) is 10.8 Å². The van der Waals surface area contributed by atoms with Gasteiger partial charge in [-0.2, -0.15) is 0 Å². The first kappa shape index (κ1) is 11.5. The molecule has 0 radical (unpaired) electrons. The summed E-state index contributed by atoms with van der Waals surface area (Å²) in [6, 6.07) is 1.52. The van der Waals surface area contributed by atoms with Crippen LogP contribution in [0.3, 0.4) is 0 Å². The SMILES string of the molecule is CC1(Cn2cc(Cl)cc2C(=O)O)CCCC1. The quantitative estimate of drug-likeness (QED) is 0.881. The predicted molar refractivity (Wildman–Crippen MR) is 63.0 cm³/mol. The Bertz CT molecular complexity index is 405. The number of carbonyl (C=O) groups is 1. The van der Waals surface area contributed by atoms with Crippen LogP contribution in [0.15, 0.2) is 12.3 Å². The molecule has 88 valence electrons. The van der Waals surface area contributed by atoms with Gasteiger partial charge in [-0.1, -0.05) is 31.4 Å². The molecule has 1 heterocycles. The molecular formula is C12H16ClNO2. The molecule has 16 heavy (non-hydrogen) atoms. The third kappa shape index (κ3) is 2.24. The number of halogens is 1. The van der Waals surface area contributed by atoms with Gasteiger partial charge in [0.25, 0.3) is 0 Å². The molecule has 1 aromatic heterocycles. The highest BCUT2D eigenvalue weighted by Crippen LogP contribution is 2.39. The van der Waals surface area contributed by atoms with Gasteiger partial charge in [-0.15, -0.1) is 0 Å². The van der Waals surface area contributed by atoms with Crippen molar-refractivity contribution in [1.29, 1.82) is 0 Å². The van der Waals surface area contributed by atoms with Crippen molar-refractivity contribution in [3.8, 4) is 0 Å². The molecule has 0 bridgehead atoms. The van der Waals surface area contributed by atoms with Crippen molar-refractivity contribution in [2.75, 3.05) is 0 Å². The summed E-state index contributed by atoms with van der Waals surface area (Å²) >= 11 is 5.86. The molecule has 0 atom stereocenters. The van der Waals surface area contributed by atoms with Gasteiger partial charge < -0.3 is 9.67 Å². The normalized spacial score (nSPS) is 18.9. The van der Waals surface area contributed by atoms with Gasteiger partial charge >= 0.3 is 5.97 Å². The van der Waals surface area contributed by atoms with E-state index in [1.165, 1.54) is 31.7 Å². The molecule has 1 aromatic rings. The van der Waals surface area contributed by atoms with Crippen LogP contribution in [-0.2, 0) is 6.54 Å². The Kier molecular flexibility index (Phi) is 2.98. The number of aromatic nitrogens is 1. The van der Waals surface area contributed by atoms with E-state index >= 15 is 0 Å². The lowest BCUT2D eigenvalue weighted by molar-refractivity contribution is 0.0682. The van der Waals surface area contributed by atoms with E-state index in [4.69, 9.17) is 16.7 Å². The summed E-state index contributed by atoms with van der Waals surface area (Å²) in [5.41, 5.74) is 0.519. The minimum Gasteiger partial charge on any atom is -0.477 e. The van der Waals surface area contributed by atoms with E-state index < -0.39 is 5.97 Å². The molecule has 4 heteroatoms. The van der Waals surface area contributed by atoms with Crippen molar-refractivity contribution in [2.24, 2.45) is 5.41 Å². The molecule has 1 fully saturated rings. The molecule has 0 amide bonds. The Hall–Kier alpha value is -0.960. The largest absolute Gasteiger partial charge is 0.477 e. The molecule has 0 saturated heterocycles. The molecule has 0 spiro atoms. The third-order valence-corrected chi connectivity index (χ3v) is 3.65. The molecule has 2 rings (SSSR count). The molecule has 1 N–H and O–H groups in total. The number of hydrogen-bond acceptors (Lipinski definition) is 1. The third-order valence-electron chi connectivity index (χ3n) is 3.45. The van der Waals surface area contributed by atoms with Gasteiger partial charge in [0.1, 0.15) is 5.69 Å². The van der Waals surface area contributed by atoms with E-state index in [0.29, 0.717) is 5.02 Å². The zero-order valence-corrected chi connectivity index (χ0v) is 10.1. The molecule has 1 saturated carbocycles. The average molecular weight is 242 g/mol. The lowest BCUT2D eigenvalue weighted by atomic mass is 9.89. The predicted octanol–water partition coefficient (Wildman–Crippen LogP) is 3.42. The molecule has 0 aromatic carbocycles. The maximum Gasteiger partial charge on any atom is 0.352 e. The minimum absolute atomic E-state index is 0.229. The lowest BCUT2D eigenvalue weighted by Crippen LogP contribution is -2.21. The van der Waals surface area contributed by atoms with Crippen LogP contribution < -0.4 is 0 Å². The van der Waals surface area contributed by atoms with Crippen molar-refractivity contribution < 1.29 is 9.90 Å². The zero-order valence-electron chi connectivity index (χ0n) is 9.37. The second-order valence-corrected chi connectivity index (χ2v) is 5.43. The highest BCUT2D eigenvalue weighted by Gasteiger charge is 2.30. The molecule has 0 unspecified atom stereocenters. The number of rotatable bonds is 3. The number of nitrogens with zero attached hydrogens (tertiary/aromatic N) is 1. The van der Waals surface area contributed by atoms with Crippen LogP contribution >= 0.6 is 11.6 Å². The molecule has 1 aliphatic rings. The van der Waals surface area contributed by atoms with Crippen LogP contribution in [-0.4, -0.2) is 15.6 Å². The average Bonchev–Trinajstić information content (AvgIpc) is 2.73. The van der Waals surface area contributed by atoms with E-state index in [1.807, 2.05) is 0 Å². The second kappa shape index (κ2) is 4.13. The summed E-state index contributed by atoms with van der Waals surface area (Å²) in [7, 11) is 0. The number of carboxylic acid groups (broad SMARTS) is 1. The second-order valence-electron chi connectivity index (χ2n) is 4.99. The van der Waals surface area contributed by atoms with Crippen molar-refractivity contribution in [1.82, 2.24) is 4.57 Å². The van der Waals surface area contributed by atoms with Crippen molar-refractivity contribution in [3.05, 3.63) is 23.0 Å². The van der Waals surface area contributed by atoms with Crippen LogP contribution in [0.4, 0.5) is 0 Å². The fourth-order valence-electron chi connectivity index (χ4n) is 2.58. The Morgan fingerprint density at radius 1 is 1.56 bits per heavy atom. The van der Waals surface area contributed by atoms with Crippen LogP contribution in [0.1, 0.15) is 43.1 Å². The number of aromatic carboxylic acids is 1. The topological polar surface area (TPSA) is 42.2 Å². The summed E-state index contributed by atoms with van der Waals surface area (Å²) in [6.07, 6.45) is 6.54. The van der Waals surface area contributed by atoms with Gasteiger partial charge in [-0.25, -0.2) is 4.79 Å². The summed E-state index contributed by atoms with van der Waals surface area (Å²) in [5.74, 6) is -0.909. The smallest absolute Gasteiger partial charge is 0.352 e. The van der Waals surface area contributed by atoms with Gasteiger partial charge in [-0.3, -0.25) is 0 Å². The van der Waals surface area contributed by atoms with Crippen molar-refractivity contribution >= 4 is 17.6 Å². The van der Waals surface area contributed by atoms with Crippen LogP contribution in [0, 0.1) is 5.41 Å². The summed E-state index contributed by atoms with van der Waals surface area (Å²) in [6.45, 7) is 2.97. The minimum atomic E-state index is -0.909. The van der Waals surface area contributed by atoms with Crippen LogP contribution in [0.25, 0.3) is 0 Å². The fraction of sp³-hybridized carbons (Fsp3) is 0.583. The zero-order chi connectivity index (χ0) is 11.8. The van der Waals surface area contributed by atoms with Crippen molar-refractivity contribution in [2.45, 2.75) is 39.2 Å². The van der Waals surface area contributed by atoms with E-state index in [2.05, 4.69) is 6.92 Å². The maximum atomic E-state index is 11.0. The summed E-state index contributed by atoms with van der Waals surface area (Å²) in [4.78, 5) is 11.0. The van der Waals surface area contributed by atoms with Crippen molar-refractivity contribution in [3.63, 3.8) is 0 Å². The first-order valence-electron chi connectivity index (χ1n) is 5.59. The monoisotopic (exact) mass is 241 g/mol. The molecule has 1 aliphatic carbocycles. The van der Waals surface area contributed by atoms with Gasteiger partial charge in [0.05, 0.1) is 5.02 Å². The van der Waals surface area contributed by atoms with E-state index in [0.717, 1.165) is 6.54 Å². The number of hydrogen-bond donors (Lipinski definition) is 1. The highest BCUT2D eigenvalue weighted by atomic mass is 35.5. The van der Waals surface area contributed by atoms with Gasteiger partial charge in [0, 0.05) is 12.7 Å². The van der Waals surface area contributed by atoms with Crippen LogP contribution in [0.5, 0.6) is 0 Å². The number of carboxylic acids is 1. The first-order chi connectivity index (χ1) is 7.50. The molecular weight excluding hydrogens is 226 g/mol. The Balaban J connectivity index is 2.23. The Morgan fingerprint density at radius 2 is 2.19 bits per heavy atom. The summed E-state index contributed by atoms with van der Waals surface area (Å²) in [5, 5.41) is 9.56. The Labute approximate surface area is 100 Å². The van der Waals surface area contributed by atoms with Crippen LogP contribution in [0.2, 0.25) is 5.02 Å². The van der Waals surface area contributed by atoms with E-state index in [9.17, 15) is 4.79 Å². The maximum absolute atomic E-state index is 11.0. The fourth-order valence-corrected chi connectivity index (χ4v) is 2.80. The van der Waals surface area contributed by atoms with Gasteiger partial charge in [0.15, 0.2) is 0 Å². The van der Waals surface area contributed by atoms with E-state index in [-0.39, 0.29) is 11.1 Å². The lowest BCUT2D eigenvalue weighted by Gasteiger charge is -2.24. The Morgan fingerprint density at radius 3 is 2.75 bits per heavy atom. The summed E-state index contributed by atoms with van der Waals surface area (Å²) < 4.78 is 1.77. The molecule has 3 nitrogen and oxygen atoms in total. The van der Waals surface area contributed by atoms with Gasteiger partial charge in [-0.05, 0) is 24.3 Å². The first-order valence-corrected chi connectivity index (χ1v) is 5.97.